The van der Waals surface area contributed by atoms with E-state index in [0.29, 0.717) is 0 Å². The molecule has 21 heavy (non-hydrogen) atoms. The summed E-state index contributed by atoms with van der Waals surface area (Å²) in [6.07, 6.45) is 0. The Morgan fingerprint density at radius 3 is 2.24 bits per heavy atom. The SMILES string of the molecule is OCc1ccc2c(c1)c1ccccc1n2-c1ccccc1. The lowest BCUT2D eigenvalue weighted by Crippen LogP contribution is -1.93. The number of benzene rings is 3. The molecule has 0 spiro atoms. The molecule has 1 N–H and O–H groups in total. The molecule has 0 aliphatic heterocycles. The first-order valence-electron chi connectivity index (χ1n) is 7.07. The third-order valence-corrected chi connectivity index (χ3v) is 3.93. The van der Waals surface area contributed by atoms with Gasteiger partial charge in [-0.25, -0.2) is 0 Å². The highest BCUT2D eigenvalue weighted by atomic mass is 16.3. The van der Waals surface area contributed by atoms with E-state index >= 15 is 0 Å². The van der Waals surface area contributed by atoms with Crippen molar-refractivity contribution >= 4 is 21.8 Å². The van der Waals surface area contributed by atoms with Crippen LogP contribution in [-0.2, 0) is 6.61 Å². The van der Waals surface area contributed by atoms with Crippen LogP contribution in [0.3, 0.4) is 0 Å². The van der Waals surface area contributed by atoms with Crippen molar-refractivity contribution in [3.05, 3.63) is 78.4 Å². The van der Waals surface area contributed by atoms with E-state index in [9.17, 15) is 5.11 Å². The Balaban J connectivity index is 2.17. The van der Waals surface area contributed by atoms with Crippen LogP contribution in [0.25, 0.3) is 27.5 Å². The standard InChI is InChI=1S/C19H15NO/c21-13-14-10-11-19-17(12-14)16-8-4-5-9-18(16)20(19)15-6-2-1-3-7-15/h1-12,21H,13H2. The number of aliphatic hydroxyl groups excluding tert-OH is 1. The van der Waals surface area contributed by atoms with Gasteiger partial charge in [-0.2, -0.15) is 0 Å². The Morgan fingerprint density at radius 1 is 0.714 bits per heavy atom. The van der Waals surface area contributed by atoms with Crippen molar-refractivity contribution in [3.63, 3.8) is 0 Å². The molecule has 102 valence electrons. The molecule has 0 bridgehead atoms. The zero-order valence-corrected chi connectivity index (χ0v) is 11.5. The van der Waals surface area contributed by atoms with E-state index in [2.05, 4.69) is 65.2 Å². The van der Waals surface area contributed by atoms with Crippen LogP contribution in [0.2, 0.25) is 0 Å². The lowest BCUT2D eigenvalue weighted by molar-refractivity contribution is 0.282. The highest BCUT2D eigenvalue weighted by molar-refractivity contribution is 6.09. The predicted octanol–water partition coefficient (Wildman–Crippen LogP) is 4.28. The number of para-hydroxylation sites is 2. The third kappa shape index (κ3) is 1.84. The van der Waals surface area contributed by atoms with Crippen molar-refractivity contribution in [1.82, 2.24) is 4.57 Å². The molecule has 0 atom stereocenters. The quantitative estimate of drug-likeness (QED) is 0.579. The largest absolute Gasteiger partial charge is 0.392 e. The van der Waals surface area contributed by atoms with Crippen molar-refractivity contribution in [2.24, 2.45) is 0 Å². The Kier molecular flexibility index (Phi) is 2.76. The fourth-order valence-electron chi connectivity index (χ4n) is 2.97. The molecule has 0 aliphatic rings. The van der Waals surface area contributed by atoms with Crippen molar-refractivity contribution in [2.75, 3.05) is 0 Å². The Bertz CT molecular complexity index is 922. The molecule has 3 aromatic carbocycles. The molecule has 1 aromatic heterocycles. The maximum Gasteiger partial charge on any atom is 0.0682 e. The summed E-state index contributed by atoms with van der Waals surface area (Å²) in [5.41, 5.74) is 4.45. The average molecular weight is 273 g/mol. The molecule has 1 heterocycles. The van der Waals surface area contributed by atoms with E-state index in [1.54, 1.807) is 0 Å². The lowest BCUT2D eigenvalue weighted by Gasteiger charge is -2.07. The van der Waals surface area contributed by atoms with Gasteiger partial charge in [-0.3, -0.25) is 0 Å². The van der Waals surface area contributed by atoms with Crippen molar-refractivity contribution in [2.45, 2.75) is 6.61 Å². The van der Waals surface area contributed by atoms with Crippen molar-refractivity contribution in [1.29, 1.82) is 0 Å². The Labute approximate surface area is 122 Å². The van der Waals surface area contributed by atoms with Gasteiger partial charge in [0.15, 0.2) is 0 Å². The molecule has 0 unspecified atom stereocenters. The molecule has 0 amide bonds. The van der Waals surface area contributed by atoms with Crippen molar-refractivity contribution in [3.8, 4) is 5.69 Å². The van der Waals surface area contributed by atoms with Gasteiger partial charge >= 0.3 is 0 Å². The van der Waals surface area contributed by atoms with E-state index in [0.717, 1.165) is 11.3 Å². The summed E-state index contributed by atoms with van der Waals surface area (Å²) in [4.78, 5) is 0. The second kappa shape index (κ2) is 4.76. The molecule has 0 saturated carbocycles. The van der Waals surface area contributed by atoms with Gasteiger partial charge in [-0.15, -0.1) is 0 Å². The van der Waals surface area contributed by atoms with Gasteiger partial charge in [0.1, 0.15) is 0 Å². The third-order valence-electron chi connectivity index (χ3n) is 3.93. The summed E-state index contributed by atoms with van der Waals surface area (Å²) in [5, 5.41) is 11.8. The van der Waals surface area contributed by atoms with Crippen LogP contribution in [0, 0.1) is 0 Å². The van der Waals surface area contributed by atoms with Crippen LogP contribution in [-0.4, -0.2) is 9.67 Å². The maximum atomic E-state index is 9.39. The summed E-state index contributed by atoms with van der Waals surface area (Å²) in [6.45, 7) is 0.0702. The van der Waals surface area contributed by atoms with Gasteiger partial charge in [-0.1, -0.05) is 42.5 Å². The van der Waals surface area contributed by atoms with Gasteiger partial charge in [0, 0.05) is 16.5 Å². The highest BCUT2D eigenvalue weighted by Crippen LogP contribution is 2.32. The van der Waals surface area contributed by atoms with Crippen LogP contribution in [0.4, 0.5) is 0 Å². The first-order chi connectivity index (χ1) is 10.4. The van der Waals surface area contributed by atoms with E-state index in [1.807, 2.05) is 12.1 Å². The number of nitrogens with zero attached hydrogens (tertiary/aromatic N) is 1. The number of fused-ring (bicyclic) bond motifs is 3. The fraction of sp³-hybridized carbons (Fsp3) is 0.0526. The predicted molar refractivity (Wildman–Crippen MR) is 86.7 cm³/mol. The average Bonchev–Trinajstić information content (AvgIpc) is 2.89. The molecule has 0 aliphatic carbocycles. The lowest BCUT2D eigenvalue weighted by atomic mass is 10.1. The highest BCUT2D eigenvalue weighted by Gasteiger charge is 2.11. The normalized spacial score (nSPS) is 11.3. The minimum Gasteiger partial charge on any atom is -0.392 e. The first-order valence-corrected chi connectivity index (χ1v) is 7.07. The number of aliphatic hydroxyl groups is 1. The summed E-state index contributed by atoms with van der Waals surface area (Å²) in [7, 11) is 0. The van der Waals surface area contributed by atoms with E-state index < -0.39 is 0 Å². The van der Waals surface area contributed by atoms with Crippen LogP contribution < -0.4 is 0 Å². The van der Waals surface area contributed by atoms with Gasteiger partial charge in [0.25, 0.3) is 0 Å². The van der Waals surface area contributed by atoms with Crippen LogP contribution in [0.1, 0.15) is 5.56 Å². The maximum absolute atomic E-state index is 9.39. The first kappa shape index (κ1) is 12.2. The molecule has 0 radical (unpaired) electrons. The number of aromatic nitrogens is 1. The molecule has 0 fully saturated rings. The van der Waals surface area contributed by atoms with E-state index in [4.69, 9.17) is 0 Å². The smallest absolute Gasteiger partial charge is 0.0682 e. The number of hydrogen-bond donors (Lipinski definition) is 1. The summed E-state index contributed by atoms with van der Waals surface area (Å²) in [5.74, 6) is 0. The van der Waals surface area contributed by atoms with Gasteiger partial charge in [0.2, 0.25) is 0 Å². The molecular formula is C19H15NO. The summed E-state index contributed by atoms with van der Waals surface area (Å²) in [6, 6.07) is 24.9. The van der Waals surface area contributed by atoms with E-state index in [1.165, 1.54) is 21.8 Å². The van der Waals surface area contributed by atoms with Crippen molar-refractivity contribution < 1.29 is 5.11 Å². The van der Waals surface area contributed by atoms with E-state index in [-0.39, 0.29) is 6.61 Å². The van der Waals surface area contributed by atoms with Gasteiger partial charge < -0.3 is 9.67 Å². The van der Waals surface area contributed by atoms with Gasteiger partial charge in [-0.05, 0) is 35.9 Å². The summed E-state index contributed by atoms with van der Waals surface area (Å²) < 4.78 is 2.27. The topological polar surface area (TPSA) is 25.2 Å². The minimum atomic E-state index is 0.0702. The molecule has 4 aromatic rings. The molecule has 2 heteroatoms. The van der Waals surface area contributed by atoms with Crippen LogP contribution in [0.15, 0.2) is 72.8 Å². The molecular weight excluding hydrogens is 258 g/mol. The second-order valence-corrected chi connectivity index (χ2v) is 5.20. The van der Waals surface area contributed by atoms with Crippen LogP contribution >= 0.6 is 0 Å². The fourth-order valence-corrected chi connectivity index (χ4v) is 2.97. The summed E-state index contributed by atoms with van der Waals surface area (Å²) >= 11 is 0. The zero-order valence-electron chi connectivity index (χ0n) is 11.5. The Morgan fingerprint density at radius 2 is 1.43 bits per heavy atom. The van der Waals surface area contributed by atoms with Gasteiger partial charge in [0.05, 0.1) is 17.6 Å². The van der Waals surface area contributed by atoms with Crippen LogP contribution in [0.5, 0.6) is 0 Å². The zero-order chi connectivity index (χ0) is 14.2. The molecule has 4 rings (SSSR count). The molecule has 0 saturated heterocycles. The molecule has 2 nitrogen and oxygen atoms in total. The minimum absolute atomic E-state index is 0.0702. The second-order valence-electron chi connectivity index (χ2n) is 5.20. The Hall–Kier alpha value is -2.58. The monoisotopic (exact) mass is 273 g/mol. The number of rotatable bonds is 2. The number of hydrogen-bond acceptors (Lipinski definition) is 1.